The Morgan fingerprint density at radius 3 is 3.06 bits per heavy atom. The van der Waals surface area contributed by atoms with Crippen LogP contribution in [0.2, 0.25) is 0 Å². The highest BCUT2D eigenvalue weighted by Crippen LogP contribution is 2.21. The highest BCUT2D eigenvalue weighted by Gasteiger charge is 2.13. The average molecular weight is 234 g/mol. The number of nitrogens with one attached hydrogen (secondary N) is 2. The van der Waals surface area contributed by atoms with E-state index in [2.05, 4.69) is 42.7 Å². The van der Waals surface area contributed by atoms with Crippen molar-refractivity contribution in [3.05, 3.63) is 29.3 Å². The van der Waals surface area contributed by atoms with Crippen LogP contribution in [0, 0.1) is 6.92 Å². The lowest BCUT2D eigenvalue weighted by Crippen LogP contribution is -2.42. The molecule has 17 heavy (non-hydrogen) atoms. The highest BCUT2D eigenvalue weighted by molar-refractivity contribution is 5.57. The van der Waals surface area contributed by atoms with Crippen LogP contribution in [-0.4, -0.2) is 32.3 Å². The molecule has 1 fully saturated rings. The molecule has 2 rings (SSSR count). The largest absolute Gasteiger partial charge is 0.382 e. The minimum absolute atomic E-state index is 0.285. The Morgan fingerprint density at radius 2 is 2.35 bits per heavy atom. The van der Waals surface area contributed by atoms with Gasteiger partial charge in [0, 0.05) is 25.3 Å². The Bertz CT molecular complexity index is 359. The SMILES string of the molecule is CCc1cccc(C)c1NCC1CNCCO1. The first-order valence-electron chi connectivity index (χ1n) is 6.46. The molecule has 1 unspecified atom stereocenters. The first-order valence-corrected chi connectivity index (χ1v) is 6.46. The molecule has 0 saturated carbocycles. The summed E-state index contributed by atoms with van der Waals surface area (Å²) >= 11 is 0. The molecule has 3 heteroatoms. The van der Waals surface area contributed by atoms with Gasteiger partial charge in [-0.3, -0.25) is 0 Å². The Balaban J connectivity index is 1.97. The van der Waals surface area contributed by atoms with Crippen LogP contribution >= 0.6 is 0 Å². The third-order valence-electron chi connectivity index (χ3n) is 3.25. The van der Waals surface area contributed by atoms with Crippen LogP contribution in [0.15, 0.2) is 18.2 Å². The predicted octanol–water partition coefficient (Wildman–Crippen LogP) is 1.96. The molecule has 1 heterocycles. The van der Waals surface area contributed by atoms with Gasteiger partial charge >= 0.3 is 0 Å². The summed E-state index contributed by atoms with van der Waals surface area (Å²) in [4.78, 5) is 0. The van der Waals surface area contributed by atoms with Gasteiger partial charge in [-0.05, 0) is 24.5 Å². The number of benzene rings is 1. The molecule has 1 aromatic carbocycles. The van der Waals surface area contributed by atoms with E-state index in [9.17, 15) is 0 Å². The minimum Gasteiger partial charge on any atom is -0.382 e. The number of aryl methyl sites for hydroxylation is 2. The average Bonchev–Trinajstić information content (AvgIpc) is 2.38. The first-order chi connectivity index (χ1) is 8.31. The van der Waals surface area contributed by atoms with Crippen molar-refractivity contribution in [1.29, 1.82) is 0 Å². The van der Waals surface area contributed by atoms with Crippen LogP contribution in [-0.2, 0) is 11.2 Å². The van der Waals surface area contributed by atoms with Gasteiger partial charge < -0.3 is 15.4 Å². The fourth-order valence-electron chi connectivity index (χ4n) is 2.24. The van der Waals surface area contributed by atoms with Crippen molar-refractivity contribution in [3.63, 3.8) is 0 Å². The maximum Gasteiger partial charge on any atom is 0.0872 e. The molecule has 1 aliphatic rings. The predicted molar refractivity (Wildman–Crippen MR) is 71.7 cm³/mol. The lowest BCUT2D eigenvalue weighted by Gasteiger charge is -2.25. The Kier molecular flexibility index (Phi) is 4.40. The molecule has 1 atom stereocenters. The third kappa shape index (κ3) is 3.20. The molecule has 0 radical (unpaired) electrons. The topological polar surface area (TPSA) is 33.3 Å². The van der Waals surface area contributed by atoms with Gasteiger partial charge in [0.25, 0.3) is 0 Å². The second-order valence-electron chi connectivity index (χ2n) is 4.54. The van der Waals surface area contributed by atoms with Crippen molar-refractivity contribution in [3.8, 4) is 0 Å². The molecule has 94 valence electrons. The maximum absolute atomic E-state index is 5.69. The molecule has 2 N–H and O–H groups in total. The standard InChI is InChI=1S/C14H22N2O/c1-3-12-6-4-5-11(2)14(12)16-10-13-9-15-7-8-17-13/h4-6,13,15-16H,3,7-10H2,1-2H3. The highest BCUT2D eigenvalue weighted by atomic mass is 16.5. The van der Waals surface area contributed by atoms with Crippen molar-refractivity contribution >= 4 is 5.69 Å². The summed E-state index contributed by atoms with van der Waals surface area (Å²) in [5.41, 5.74) is 3.98. The summed E-state index contributed by atoms with van der Waals surface area (Å²) < 4.78 is 5.69. The van der Waals surface area contributed by atoms with E-state index in [-0.39, 0.29) is 6.10 Å². The summed E-state index contributed by atoms with van der Waals surface area (Å²) in [6, 6.07) is 6.47. The fourth-order valence-corrected chi connectivity index (χ4v) is 2.24. The van der Waals surface area contributed by atoms with Gasteiger partial charge in [-0.25, -0.2) is 0 Å². The second kappa shape index (κ2) is 6.03. The van der Waals surface area contributed by atoms with Crippen molar-refractivity contribution < 1.29 is 4.74 Å². The number of anilines is 1. The van der Waals surface area contributed by atoms with Gasteiger partial charge in [0.15, 0.2) is 0 Å². The van der Waals surface area contributed by atoms with Crippen molar-refractivity contribution in [2.75, 3.05) is 31.6 Å². The minimum atomic E-state index is 0.285. The van der Waals surface area contributed by atoms with E-state index in [1.54, 1.807) is 0 Å². The monoisotopic (exact) mass is 234 g/mol. The molecule has 0 spiro atoms. The lowest BCUT2D eigenvalue weighted by molar-refractivity contribution is 0.0372. The van der Waals surface area contributed by atoms with Crippen molar-refractivity contribution in [2.45, 2.75) is 26.4 Å². The number of morpholine rings is 1. The van der Waals surface area contributed by atoms with E-state index in [4.69, 9.17) is 4.74 Å². The van der Waals surface area contributed by atoms with Gasteiger partial charge in [-0.15, -0.1) is 0 Å². The van der Waals surface area contributed by atoms with Gasteiger partial charge in [0.05, 0.1) is 12.7 Å². The summed E-state index contributed by atoms with van der Waals surface area (Å²) in [6.07, 6.45) is 1.35. The van der Waals surface area contributed by atoms with E-state index < -0.39 is 0 Å². The second-order valence-corrected chi connectivity index (χ2v) is 4.54. The number of hydrogen-bond acceptors (Lipinski definition) is 3. The van der Waals surface area contributed by atoms with Gasteiger partial charge in [0.2, 0.25) is 0 Å². The molecular formula is C14H22N2O. The molecule has 0 bridgehead atoms. The molecule has 1 aromatic rings. The summed E-state index contributed by atoms with van der Waals surface area (Å²) in [7, 11) is 0. The van der Waals surface area contributed by atoms with Crippen LogP contribution < -0.4 is 10.6 Å². The van der Waals surface area contributed by atoms with E-state index in [1.165, 1.54) is 16.8 Å². The van der Waals surface area contributed by atoms with Crippen LogP contribution in [0.1, 0.15) is 18.1 Å². The van der Waals surface area contributed by atoms with E-state index in [1.807, 2.05) is 0 Å². The van der Waals surface area contributed by atoms with E-state index in [0.29, 0.717) is 0 Å². The smallest absolute Gasteiger partial charge is 0.0872 e. The summed E-state index contributed by atoms with van der Waals surface area (Å²) in [6.45, 7) is 7.97. The Hall–Kier alpha value is -1.06. The van der Waals surface area contributed by atoms with Gasteiger partial charge in [-0.2, -0.15) is 0 Å². The molecule has 1 saturated heterocycles. The number of ether oxygens (including phenoxy) is 1. The number of hydrogen-bond donors (Lipinski definition) is 2. The normalized spacial score (nSPS) is 20.2. The van der Waals surface area contributed by atoms with Crippen molar-refractivity contribution in [1.82, 2.24) is 5.32 Å². The van der Waals surface area contributed by atoms with Crippen molar-refractivity contribution in [2.24, 2.45) is 0 Å². The quantitative estimate of drug-likeness (QED) is 0.835. The number of rotatable bonds is 4. The van der Waals surface area contributed by atoms with Crippen LogP contribution in [0.4, 0.5) is 5.69 Å². The number of para-hydroxylation sites is 1. The van der Waals surface area contributed by atoms with Gasteiger partial charge in [-0.1, -0.05) is 25.1 Å². The molecule has 3 nitrogen and oxygen atoms in total. The van der Waals surface area contributed by atoms with Crippen LogP contribution in [0.25, 0.3) is 0 Å². The van der Waals surface area contributed by atoms with E-state index in [0.717, 1.165) is 32.7 Å². The molecular weight excluding hydrogens is 212 g/mol. The summed E-state index contributed by atoms with van der Waals surface area (Å²) in [5, 5.41) is 6.89. The molecule has 1 aliphatic heterocycles. The first kappa shape index (κ1) is 12.4. The zero-order chi connectivity index (χ0) is 12.1. The molecule has 0 amide bonds. The lowest BCUT2D eigenvalue weighted by atomic mass is 10.1. The Morgan fingerprint density at radius 1 is 1.47 bits per heavy atom. The zero-order valence-corrected chi connectivity index (χ0v) is 10.8. The van der Waals surface area contributed by atoms with Crippen LogP contribution in [0.5, 0.6) is 0 Å². The zero-order valence-electron chi connectivity index (χ0n) is 10.8. The third-order valence-corrected chi connectivity index (χ3v) is 3.25. The Labute approximate surface area is 104 Å². The maximum atomic E-state index is 5.69. The van der Waals surface area contributed by atoms with Crippen LogP contribution in [0.3, 0.4) is 0 Å². The fraction of sp³-hybridized carbons (Fsp3) is 0.571. The molecule has 0 aromatic heterocycles. The summed E-state index contributed by atoms with van der Waals surface area (Å²) in [5.74, 6) is 0. The van der Waals surface area contributed by atoms with E-state index >= 15 is 0 Å². The molecule has 0 aliphatic carbocycles. The van der Waals surface area contributed by atoms with Gasteiger partial charge in [0.1, 0.15) is 0 Å².